The molecule has 0 bridgehead atoms. The quantitative estimate of drug-likeness (QED) is 0.608. The minimum atomic E-state index is -1.18. The molecular weight excluding hydrogens is 282 g/mol. The number of hydrogen-bond acceptors (Lipinski definition) is 3. The van der Waals surface area contributed by atoms with Gasteiger partial charge in [0.15, 0.2) is 0 Å². The Morgan fingerprint density at radius 1 is 1.50 bits per heavy atom. The Morgan fingerprint density at radius 2 is 2.14 bits per heavy atom. The van der Waals surface area contributed by atoms with Crippen molar-refractivity contribution in [3.63, 3.8) is 0 Å². The van der Waals surface area contributed by atoms with E-state index in [0.717, 1.165) is 10.0 Å². The van der Waals surface area contributed by atoms with Crippen LogP contribution in [0.1, 0.15) is 26.3 Å². The minimum Gasteiger partial charge on any atom is -0.591 e. The number of thiophene rings is 1. The van der Waals surface area contributed by atoms with Crippen LogP contribution in [0.4, 0.5) is 0 Å². The van der Waals surface area contributed by atoms with Crippen molar-refractivity contribution in [2.45, 2.75) is 25.5 Å². The second kappa shape index (κ2) is 4.79. The van der Waals surface area contributed by atoms with Crippen molar-refractivity contribution in [2.24, 2.45) is 4.40 Å². The van der Waals surface area contributed by atoms with E-state index in [-0.39, 0.29) is 4.75 Å². The number of halogens is 1. The van der Waals surface area contributed by atoms with Crippen LogP contribution in [0, 0.1) is 0 Å². The van der Waals surface area contributed by atoms with Gasteiger partial charge in [0.2, 0.25) is 0 Å². The van der Waals surface area contributed by atoms with Crippen LogP contribution < -0.4 is 0 Å². The third kappa shape index (κ3) is 3.38. The van der Waals surface area contributed by atoms with Crippen LogP contribution >= 0.6 is 27.3 Å². The second-order valence-corrected chi connectivity index (χ2v) is 7.30. The summed E-state index contributed by atoms with van der Waals surface area (Å²) in [4.78, 5) is 0. The summed E-state index contributed by atoms with van der Waals surface area (Å²) in [5.74, 6) is 0. The van der Waals surface area contributed by atoms with Crippen molar-refractivity contribution < 1.29 is 4.55 Å². The Kier molecular flexibility index (Phi) is 4.18. The molecule has 78 valence electrons. The lowest BCUT2D eigenvalue weighted by atomic mass is 10.3. The van der Waals surface area contributed by atoms with Gasteiger partial charge in [0.1, 0.15) is 16.1 Å². The van der Waals surface area contributed by atoms with Crippen LogP contribution in [-0.2, 0) is 11.4 Å². The fraction of sp³-hybridized carbons (Fsp3) is 0.444. The van der Waals surface area contributed by atoms with Crippen LogP contribution in [0.2, 0.25) is 0 Å². The van der Waals surface area contributed by atoms with Gasteiger partial charge in [0.25, 0.3) is 0 Å². The average Bonchev–Trinajstić information content (AvgIpc) is 2.45. The van der Waals surface area contributed by atoms with E-state index in [9.17, 15) is 4.55 Å². The summed E-state index contributed by atoms with van der Waals surface area (Å²) in [6, 6.07) is 0. The van der Waals surface area contributed by atoms with Crippen molar-refractivity contribution >= 4 is 44.8 Å². The van der Waals surface area contributed by atoms with Gasteiger partial charge in [-0.1, -0.05) is 4.40 Å². The molecule has 0 aliphatic rings. The Morgan fingerprint density at radius 3 is 2.57 bits per heavy atom. The predicted octanol–water partition coefficient (Wildman–Crippen LogP) is 3.39. The van der Waals surface area contributed by atoms with Crippen LogP contribution in [0.15, 0.2) is 19.6 Å². The molecule has 2 nitrogen and oxygen atoms in total. The standard InChI is InChI=1S/C9H12BrNOS2/c1-9(2,3)14(12)11-4-7-5-13-6-8(7)10/h4-6H,1-3H3. The van der Waals surface area contributed by atoms with Crippen molar-refractivity contribution in [1.29, 1.82) is 0 Å². The lowest BCUT2D eigenvalue weighted by Crippen LogP contribution is -2.25. The van der Waals surface area contributed by atoms with Gasteiger partial charge in [0.05, 0.1) is 6.21 Å². The predicted molar refractivity (Wildman–Crippen MR) is 67.5 cm³/mol. The van der Waals surface area contributed by atoms with E-state index >= 15 is 0 Å². The topological polar surface area (TPSA) is 35.4 Å². The summed E-state index contributed by atoms with van der Waals surface area (Å²) in [6.45, 7) is 5.72. The van der Waals surface area contributed by atoms with Crippen LogP contribution in [-0.4, -0.2) is 15.5 Å². The number of hydrogen-bond donors (Lipinski definition) is 0. The summed E-state index contributed by atoms with van der Waals surface area (Å²) >= 11 is 3.80. The molecule has 5 heteroatoms. The largest absolute Gasteiger partial charge is 0.591 e. The van der Waals surface area contributed by atoms with Gasteiger partial charge in [-0.15, -0.1) is 0 Å². The maximum absolute atomic E-state index is 11.6. The number of nitrogens with zero attached hydrogens (tertiary/aromatic N) is 1. The molecular formula is C9H12BrNOS2. The molecule has 0 N–H and O–H groups in total. The zero-order chi connectivity index (χ0) is 10.8. The maximum atomic E-state index is 11.6. The van der Waals surface area contributed by atoms with Gasteiger partial charge in [-0.3, -0.25) is 0 Å². The monoisotopic (exact) mass is 293 g/mol. The fourth-order valence-corrected chi connectivity index (χ4v) is 2.52. The van der Waals surface area contributed by atoms with Gasteiger partial charge < -0.3 is 4.55 Å². The Bertz CT molecular complexity index is 330. The third-order valence-corrected chi connectivity index (χ3v) is 4.55. The summed E-state index contributed by atoms with van der Waals surface area (Å²) in [5, 5.41) is 3.94. The van der Waals surface area contributed by atoms with E-state index in [4.69, 9.17) is 0 Å². The smallest absolute Gasteiger partial charge is 0.144 e. The highest BCUT2D eigenvalue weighted by molar-refractivity contribution is 9.10. The molecule has 0 radical (unpaired) electrons. The van der Waals surface area contributed by atoms with E-state index in [0.29, 0.717) is 0 Å². The Balaban J connectivity index is 2.70. The zero-order valence-electron chi connectivity index (χ0n) is 8.28. The first-order chi connectivity index (χ1) is 6.41. The van der Waals surface area contributed by atoms with Crippen molar-refractivity contribution in [3.8, 4) is 0 Å². The first kappa shape index (κ1) is 12.2. The molecule has 0 saturated carbocycles. The molecule has 1 atom stereocenters. The van der Waals surface area contributed by atoms with E-state index in [2.05, 4.69) is 20.3 Å². The molecule has 1 aromatic rings. The molecule has 1 heterocycles. The summed E-state index contributed by atoms with van der Waals surface area (Å²) in [7, 11) is 0. The Hall–Kier alpha value is 0.160. The fourth-order valence-electron chi connectivity index (χ4n) is 0.646. The zero-order valence-corrected chi connectivity index (χ0v) is 11.5. The molecule has 1 aromatic heterocycles. The lowest BCUT2D eigenvalue weighted by Gasteiger charge is -2.17. The summed E-state index contributed by atoms with van der Waals surface area (Å²) < 4.78 is 16.3. The molecule has 0 aliphatic carbocycles. The van der Waals surface area contributed by atoms with Crippen molar-refractivity contribution in [1.82, 2.24) is 0 Å². The second-order valence-electron chi connectivity index (χ2n) is 3.77. The molecule has 0 amide bonds. The highest BCUT2D eigenvalue weighted by Gasteiger charge is 2.25. The summed E-state index contributed by atoms with van der Waals surface area (Å²) in [6.07, 6.45) is 1.65. The first-order valence-electron chi connectivity index (χ1n) is 4.09. The van der Waals surface area contributed by atoms with Gasteiger partial charge >= 0.3 is 0 Å². The van der Waals surface area contributed by atoms with Gasteiger partial charge in [-0.05, 0) is 36.7 Å². The van der Waals surface area contributed by atoms with Crippen LogP contribution in [0.25, 0.3) is 0 Å². The molecule has 0 spiro atoms. The molecule has 0 fully saturated rings. The van der Waals surface area contributed by atoms with E-state index in [1.54, 1.807) is 17.6 Å². The van der Waals surface area contributed by atoms with Gasteiger partial charge in [-0.25, -0.2) is 0 Å². The first-order valence-corrected chi connectivity index (χ1v) is 6.93. The molecule has 1 rings (SSSR count). The van der Waals surface area contributed by atoms with Crippen molar-refractivity contribution in [2.75, 3.05) is 0 Å². The number of rotatable bonds is 2. The lowest BCUT2D eigenvalue weighted by molar-refractivity contribution is 0.562. The van der Waals surface area contributed by atoms with E-state index < -0.39 is 11.4 Å². The minimum absolute atomic E-state index is 0.293. The third-order valence-electron chi connectivity index (χ3n) is 1.45. The van der Waals surface area contributed by atoms with Crippen LogP contribution in [0.5, 0.6) is 0 Å². The Labute approximate surface area is 99.9 Å². The molecule has 14 heavy (non-hydrogen) atoms. The maximum Gasteiger partial charge on any atom is 0.144 e. The molecule has 1 unspecified atom stereocenters. The SMILES string of the molecule is CC(C)(C)[S+]([O-])N=Cc1cscc1Br. The molecule has 0 saturated heterocycles. The van der Waals surface area contributed by atoms with E-state index in [1.807, 2.05) is 31.5 Å². The van der Waals surface area contributed by atoms with Crippen molar-refractivity contribution in [3.05, 3.63) is 20.8 Å². The summed E-state index contributed by atoms with van der Waals surface area (Å²) in [5.41, 5.74) is 0.979. The normalized spacial score (nSPS) is 14.9. The molecule has 0 aromatic carbocycles. The highest BCUT2D eigenvalue weighted by Crippen LogP contribution is 2.21. The highest BCUT2D eigenvalue weighted by atomic mass is 79.9. The average molecular weight is 294 g/mol. The van der Waals surface area contributed by atoms with Crippen LogP contribution in [0.3, 0.4) is 0 Å². The van der Waals surface area contributed by atoms with Gasteiger partial charge in [0, 0.05) is 20.8 Å². The van der Waals surface area contributed by atoms with Gasteiger partial charge in [-0.2, -0.15) is 11.3 Å². The molecule has 0 aliphatic heterocycles. The van der Waals surface area contributed by atoms with E-state index in [1.165, 1.54) is 0 Å².